The van der Waals surface area contributed by atoms with Crippen LogP contribution in [0.1, 0.15) is 22.2 Å². The van der Waals surface area contributed by atoms with Gasteiger partial charge in [0, 0.05) is 43.6 Å². The molecular formula is C14H9Cl2INO2S+. The first kappa shape index (κ1) is 16.6. The molecule has 1 atom stereocenters. The van der Waals surface area contributed by atoms with Gasteiger partial charge in [-0.1, -0.05) is 29.3 Å². The Bertz CT molecular complexity index is 780. The topological polar surface area (TPSA) is 61.1 Å². The van der Waals surface area contributed by atoms with E-state index in [0.717, 1.165) is 2.88 Å². The molecule has 0 aliphatic rings. The molecule has 1 aromatic carbocycles. The normalized spacial score (nSPS) is 11.3. The number of thiophene rings is 1. The van der Waals surface area contributed by atoms with Crippen LogP contribution in [-0.4, -0.2) is 11.1 Å². The van der Waals surface area contributed by atoms with Gasteiger partial charge in [-0.2, -0.15) is 5.26 Å². The smallest absolute Gasteiger partial charge is 0.389 e. The van der Waals surface area contributed by atoms with Gasteiger partial charge in [0.15, 0.2) is 0 Å². The minimum Gasteiger partial charge on any atom is -0.474 e. The second-order valence-corrected chi connectivity index (χ2v) is 8.90. The summed E-state index contributed by atoms with van der Waals surface area (Å²) in [6.07, 6.45) is 0. The fourth-order valence-electron chi connectivity index (χ4n) is 2.08. The molecule has 0 fully saturated rings. The van der Waals surface area contributed by atoms with E-state index in [1.165, 1.54) is 0 Å². The zero-order valence-electron chi connectivity index (χ0n) is 10.8. The van der Waals surface area contributed by atoms with Gasteiger partial charge in [0.2, 0.25) is 2.88 Å². The van der Waals surface area contributed by atoms with Gasteiger partial charge in [0.1, 0.15) is 17.4 Å². The largest absolute Gasteiger partial charge is 0.474 e. The molecule has 1 N–H and O–H groups in total. The Morgan fingerprint density at radius 3 is 2.62 bits per heavy atom. The summed E-state index contributed by atoms with van der Waals surface area (Å²) in [5, 5.41) is 19.8. The van der Waals surface area contributed by atoms with E-state index in [0.29, 0.717) is 32.5 Å². The predicted octanol–water partition coefficient (Wildman–Crippen LogP) is 5.60. The van der Waals surface area contributed by atoms with Gasteiger partial charge in [-0.05, 0) is 19.1 Å². The van der Waals surface area contributed by atoms with Crippen LogP contribution in [0.15, 0.2) is 18.2 Å². The fraction of sp³-hybridized carbons (Fsp3) is 0.143. The molecule has 2 aromatic rings. The first-order valence-corrected chi connectivity index (χ1v) is 9.09. The van der Waals surface area contributed by atoms with Crippen LogP contribution in [0.2, 0.25) is 10.0 Å². The van der Waals surface area contributed by atoms with Crippen LogP contribution in [0.25, 0.3) is 11.1 Å². The maximum atomic E-state index is 11.7. The van der Waals surface area contributed by atoms with Crippen molar-refractivity contribution in [3.05, 3.63) is 41.6 Å². The number of carboxylic acid groups (broad SMARTS) is 1. The molecule has 0 saturated heterocycles. The van der Waals surface area contributed by atoms with Gasteiger partial charge < -0.3 is 5.11 Å². The fourth-order valence-corrected chi connectivity index (χ4v) is 6.35. The zero-order chi connectivity index (χ0) is 15.7. The Morgan fingerprint density at radius 1 is 1.48 bits per heavy atom. The van der Waals surface area contributed by atoms with Crippen LogP contribution in [0.3, 0.4) is 0 Å². The van der Waals surface area contributed by atoms with Crippen molar-refractivity contribution in [3.8, 4) is 17.2 Å². The highest BCUT2D eigenvalue weighted by atomic mass is 127. The molecule has 1 heterocycles. The van der Waals surface area contributed by atoms with Crippen LogP contribution >= 0.6 is 56.3 Å². The van der Waals surface area contributed by atoms with Crippen molar-refractivity contribution in [1.82, 2.24) is 0 Å². The number of nitriles is 1. The number of carboxylic acids is 1. The molecule has 108 valence electrons. The van der Waals surface area contributed by atoms with E-state index in [1.54, 1.807) is 18.2 Å². The SMILES string of the molecule is CC[s+]1c(I)c(C#N)c(-c2ccc(Cl)cc2Cl)c1C(=O)O. The minimum absolute atomic E-state index is 0.252. The standard InChI is InChI=1S/C14H8Cl2INO2S/c1-2-21-12(14(19)20)11(9(6-18)13(21)17)8-4-3-7(15)5-10(8)16/h3-5H,2H2,1H3/p+1. The van der Waals surface area contributed by atoms with E-state index in [1.807, 2.05) is 6.92 Å². The van der Waals surface area contributed by atoms with Crippen LogP contribution < -0.4 is 0 Å². The number of rotatable bonds is 3. The third-order valence-electron chi connectivity index (χ3n) is 2.93. The summed E-state index contributed by atoms with van der Waals surface area (Å²) in [5.74, 6) is -0.375. The maximum Gasteiger partial charge on any atom is 0.389 e. The Kier molecular flexibility index (Phi) is 5.15. The highest BCUT2D eigenvalue weighted by Gasteiger charge is 2.36. The van der Waals surface area contributed by atoms with Gasteiger partial charge in [0.25, 0.3) is 4.88 Å². The summed E-state index contributed by atoms with van der Waals surface area (Å²) in [5.41, 5.74) is 1.34. The number of hydrogen-bond acceptors (Lipinski definition) is 2. The van der Waals surface area contributed by atoms with E-state index < -0.39 is 16.4 Å². The molecule has 7 heteroatoms. The quantitative estimate of drug-likeness (QED) is 0.486. The molecule has 1 aromatic heterocycles. The second kappa shape index (κ2) is 6.53. The molecule has 0 spiro atoms. The number of carbonyl (C=O) groups is 1. The lowest BCUT2D eigenvalue weighted by Crippen LogP contribution is -1.98. The average Bonchev–Trinajstić information content (AvgIpc) is 2.70. The number of aromatic carboxylic acids is 1. The van der Waals surface area contributed by atoms with Crippen molar-refractivity contribution in [2.24, 2.45) is 0 Å². The van der Waals surface area contributed by atoms with Gasteiger partial charge in [-0.25, -0.2) is 4.79 Å². The molecule has 1 unspecified atom stereocenters. The Balaban J connectivity index is 2.91. The van der Waals surface area contributed by atoms with Crippen molar-refractivity contribution in [1.29, 1.82) is 5.26 Å². The monoisotopic (exact) mass is 452 g/mol. The van der Waals surface area contributed by atoms with Crippen LogP contribution in [0.4, 0.5) is 0 Å². The Hall–Kier alpha value is -0.810. The van der Waals surface area contributed by atoms with Crippen molar-refractivity contribution in [2.45, 2.75) is 12.7 Å². The van der Waals surface area contributed by atoms with E-state index in [9.17, 15) is 15.2 Å². The van der Waals surface area contributed by atoms with E-state index in [2.05, 4.69) is 28.7 Å². The number of benzene rings is 1. The molecule has 0 radical (unpaired) electrons. The van der Waals surface area contributed by atoms with Gasteiger partial charge in [0.05, 0.1) is 10.6 Å². The molecule has 2 rings (SSSR count). The van der Waals surface area contributed by atoms with E-state index in [4.69, 9.17) is 23.2 Å². The van der Waals surface area contributed by atoms with Crippen molar-refractivity contribution < 1.29 is 9.90 Å². The van der Waals surface area contributed by atoms with Crippen molar-refractivity contribution >= 4 is 62.2 Å². The maximum absolute atomic E-state index is 11.7. The van der Waals surface area contributed by atoms with Crippen LogP contribution in [0, 0.1) is 14.2 Å². The predicted molar refractivity (Wildman–Crippen MR) is 94.4 cm³/mol. The van der Waals surface area contributed by atoms with E-state index in [-0.39, 0.29) is 4.88 Å². The molecular weight excluding hydrogens is 444 g/mol. The van der Waals surface area contributed by atoms with E-state index >= 15 is 0 Å². The summed E-state index contributed by atoms with van der Waals surface area (Å²) in [4.78, 5) is 11.9. The van der Waals surface area contributed by atoms with Crippen LogP contribution in [-0.2, 0) is 5.75 Å². The lowest BCUT2D eigenvalue weighted by molar-refractivity contribution is 0.0702. The molecule has 0 bridgehead atoms. The third kappa shape index (κ3) is 2.90. The molecule has 0 aliphatic heterocycles. The summed E-state index contributed by atoms with van der Waals surface area (Å²) in [6, 6.07) is 6.97. The molecule has 0 amide bonds. The average molecular weight is 453 g/mol. The van der Waals surface area contributed by atoms with Gasteiger partial charge >= 0.3 is 5.97 Å². The minimum atomic E-state index is -1.01. The highest BCUT2D eigenvalue weighted by Crippen LogP contribution is 2.46. The summed E-state index contributed by atoms with van der Waals surface area (Å²) < 4.78 is 0.774. The third-order valence-corrected chi connectivity index (χ3v) is 7.70. The Morgan fingerprint density at radius 2 is 2.14 bits per heavy atom. The summed E-state index contributed by atoms with van der Waals surface area (Å²) in [6.45, 7) is 1.91. The lowest BCUT2D eigenvalue weighted by atomic mass is 10.0. The molecule has 0 aliphatic carbocycles. The first-order chi connectivity index (χ1) is 9.92. The Labute approximate surface area is 148 Å². The zero-order valence-corrected chi connectivity index (χ0v) is 15.3. The summed E-state index contributed by atoms with van der Waals surface area (Å²) >= 11 is 14.1. The summed E-state index contributed by atoms with van der Waals surface area (Å²) in [7, 11) is -0.589. The second-order valence-electron chi connectivity index (χ2n) is 4.07. The molecule has 0 saturated carbocycles. The van der Waals surface area contributed by atoms with Gasteiger partial charge in [-0.3, -0.25) is 0 Å². The number of hydrogen-bond donors (Lipinski definition) is 1. The van der Waals surface area contributed by atoms with Crippen molar-refractivity contribution in [3.63, 3.8) is 0 Å². The molecule has 21 heavy (non-hydrogen) atoms. The van der Waals surface area contributed by atoms with Crippen LogP contribution in [0.5, 0.6) is 0 Å². The highest BCUT2D eigenvalue weighted by molar-refractivity contribution is 14.1. The molecule has 3 nitrogen and oxygen atoms in total. The lowest BCUT2D eigenvalue weighted by Gasteiger charge is -2.03. The van der Waals surface area contributed by atoms with Gasteiger partial charge in [-0.15, -0.1) is 0 Å². The number of nitrogens with zero attached hydrogens (tertiary/aromatic N) is 1. The van der Waals surface area contributed by atoms with Crippen molar-refractivity contribution in [2.75, 3.05) is 0 Å². The number of halogens is 3. The first-order valence-electron chi connectivity index (χ1n) is 5.86.